The fourth-order valence-corrected chi connectivity index (χ4v) is 5.05. The van der Waals surface area contributed by atoms with Crippen LogP contribution in [0, 0.1) is 6.92 Å². The predicted molar refractivity (Wildman–Crippen MR) is 93.6 cm³/mol. The van der Waals surface area contributed by atoms with E-state index in [9.17, 15) is 13.2 Å². The fourth-order valence-electron chi connectivity index (χ4n) is 3.36. The number of aromatic nitrogens is 3. The number of rotatable bonds is 3. The van der Waals surface area contributed by atoms with Crippen molar-refractivity contribution < 1.29 is 22.4 Å². The maximum absolute atomic E-state index is 12.3. The molecule has 0 bridgehead atoms. The average Bonchev–Trinajstić information content (AvgIpc) is 3.33. The van der Waals surface area contributed by atoms with Gasteiger partial charge in [0.1, 0.15) is 5.69 Å². The monoisotopic (exact) mass is 375 g/mol. The van der Waals surface area contributed by atoms with E-state index in [4.69, 9.17) is 9.15 Å². The predicted octanol–water partition coefficient (Wildman–Crippen LogP) is 2.15. The van der Waals surface area contributed by atoms with Crippen molar-refractivity contribution in [3.63, 3.8) is 0 Å². The number of hydrogen-bond acceptors (Lipinski definition) is 7. The quantitative estimate of drug-likeness (QED) is 0.646. The highest BCUT2D eigenvalue weighted by molar-refractivity contribution is 7.91. The van der Waals surface area contributed by atoms with Gasteiger partial charge in [0, 0.05) is 0 Å². The molecule has 0 spiro atoms. The van der Waals surface area contributed by atoms with Crippen LogP contribution in [-0.2, 0) is 14.6 Å². The molecule has 26 heavy (non-hydrogen) atoms. The topological polar surface area (TPSA) is 104 Å². The van der Waals surface area contributed by atoms with Crippen molar-refractivity contribution in [3.05, 3.63) is 35.7 Å². The molecular weight excluding hydrogens is 358 g/mol. The van der Waals surface area contributed by atoms with Gasteiger partial charge in [-0.15, -0.1) is 0 Å². The van der Waals surface area contributed by atoms with E-state index in [2.05, 4.69) is 10.1 Å². The lowest BCUT2D eigenvalue weighted by molar-refractivity contribution is 0.0603. The molecule has 1 aliphatic heterocycles. The molecule has 4 rings (SSSR count). The van der Waals surface area contributed by atoms with Crippen LogP contribution in [-0.4, -0.2) is 47.8 Å². The Morgan fingerprint density at radius 2 is 2.23 bits per heavy atom. The lowest BCUT2D eigenvalue weighted by Gasteiger charge is -2.10. The number of hydrogen-bond donors (Lipinski definition) is 0. The highest BCUT2D eigenvalue weighted by atomic mass is 32.2. The highest BCUT2D eigenvalue weighted by Gasteiger charge is 2.32. The SMILES string of the molecule is COC(=O)c1cc(-c2ccco2)nc2c1c(C)nn2C1CCS(=O)(=O)C1. The van der Waals surface area contributed by atoms with Gasteiger partial charge in [-0.1, -0.05) is 0 Å². The Bertz CT molecular complexity index is 1100. The third-order valence-corrected chi connectivity index (χ3v) is 6.32. The maximum Gasteiger partial charge on any atom is 0.338 e. The van der Waals surface area contributed by atoms with Crippen LogP contribution in [0.1, 0.15) is 28.5 Å². The van der Waals surface area contributed by atoms with Crippen LogP contribution in [0.25, 0.3) is 22.5 Å². The number of furan rings is 1. The first-order chi connectivity index (χ1) is 12.4. The van der Waals surface area contributed by atoms with Gasteiger partial charge >= 0.3 is 5.97 Å². The van der Waals surface area contributed by atoms with E-state index in [1.165, 1.54) is 13.4 Å². The molecule has 0 radical (unpaired) electrons. The summed E-state index contributed by atoms with van der Waals surface area (Å²) in [5.41, 5.74) is 1.85. The molecule has 9 heteroatoms. The molecular formula is C17H17N3O5S. The maximum atomic E-state index is 12.3. The van der Waals surface area contributed by atoms with Crippen LogP contribution in [0.4, 0.5) is 0 Å². The number of nitrogens with zero attached hydrogens (tertiary/aromatic N) is 3. The van der Waals surface area contributed by atoms with Gasteiger partial charge in [0.25, 0.3) is 0 Å². The van der Waals surface area contributed by atoms with E-state index in [1.54, 1.807) is 29.8 Å². The molecule has 4 heterocycles. The number of carbonyl (C=O) groups excluding carboxylic acids is 1. The Morgan fingerprint density at radius 3 is 2.85 bits per heavy atom. The van der Waals surface area contributed by atoms with Crippen molar-refractivity contribution >= 4 is 26.8 Å². The molecule has 3 aromatic rings. The van der Waals surface area contributed by atoms with Gasteiger partial charge in [-0.2, -0.15) is 5.10 Å². The zero-order valence-electron chi connectivity index (χ0n) is 14.3. The number of fused-ring (bicyclic) bond motifs is 1. The second-order valence-corrected chi connectivity index (χ2v) is 8.54. The summed E-state index contributed by atoms with van der Waals surface area (Å²) < 4.78 is 35.7. The van der Waals surface area contributed by atoms with Crippen LogP contribution in [0.15, 0.2) is 28.9 Å². The Hall–Kier alpha value is -2.68. The van der Waals surface area contributed by atoms with Gasteiger partial charge < -0.3 is 9.15 Å². The zero-order chi connectivity index (χ0) is 18.5. The van der Waals surface area contributed by atoms with Crippen LogP contribution >= 0.6 is 0 Å². The number of sulfone groups is 1. The van der Waals surface area contributed by atoms with Crippen LogP contribution in [0.2, 0.25) is 0 Å². The zero-order valence-corrected chi connectivity index (χ0v) is 15.1. The number of methoxy groups -OCH3 is 1. The third-order valence-electron chi connectivity index (χ3n) is 4.57. The normalized spacial score (nSPS) is 19.1. The standard InChI is InChI=1S/C17H17N3O5S/c1-10-15-12(17(21)24-2)8-13(14-4-3-6-25-14)18-16(15)20(19-10)11-5-7-26(22,23)9-11/h3-4,6,8,11H,5,7,9H2,1-2H3. The lowest BCUT2D eigenvalue weighted by Crippen LogP contribution is -2.13. The summed E-state index contributed by atoms with van der Waals surface area (Å²) in [6.45, 7) is 1.77. The van der Waals surface area contributed by atoms with Crippen LogP contribution < -0.4 is 0 Å². The fraction of sp³-hybridized carbons (Fsp3) is 0.353. The Labute approximate surface area is 149 Å². The van der Waals surface area contributed by atoms with Crippen molar-refractivity contribution in [1.29, 1.82) is 0 Å². The number of carbonyl (C=O) groups is 1. The molecule has 0 N–H and O–H groups in total. The lowest BCUT2D eigenvalue weighted by atomic mass is 10.1. The molecule has 136 valence electrons. The number of aryl methyl sites for hydroxylation is 1. The van der Waals surface area contributed by atoms with Gasteiger partial charge in [-0.25, -0.2) is 22.9 Å². The average molecular weight is 375 g/mol. The molecule has 3 aromatic heterocycles. The van der Waals surface area contributed by atoms with Gasteiger partial charge in [0.2, 0.25) is 0 Å². The molecule has 1 unspecified atom stereocenters. The second-order valence-electron chi connectivity index (χ2n) is 6.31. The number of esters is 1. The Morgan fingerprint density at radius 1 is 1.42 bits per heavy atom. The highest BCUT2D eigenvalue weighted by Crippen LogP contribution is 2.32. The van der Waals surface area contributed by atoms with E-state index in [0.717, 1.165) is 0 Å². The van der Waals surface area contributed by atoms with Crippen molar-refractivity contribution in [2.24, 2.45) is 0 Å². The molecule has 1 fully saturated rings. The van der Waals surface area contributed by atoms with Crippen molar-refractivity contribution in [2.45, 2.75) is 19.4 Å². The first-order valence-corrected chi connectivity index (χ1v) is 9.94. The summed E-state index contributed by atoms with van der Waals surface area (Å²) >= 11 is 0. The molecule has 1 atom stereocenters. The summed E-state index contributed by atoms with van der Waals surface area (Å²) in [5.74, 6) is 0.136. The van der Waals surface area contributed by atoms with Crippen molar-refractivity contribution in [2.75, 3.05) is 18.6 Å². The summed E-state index contributed by atoms with van der Waals surface area (Å²) in [6.07, 6.45) is 1.99. The van der Waals surface area contributed by atoms with E-state index in [1.807, 2.05) is 0 Å². The van der Waals surface area contributed by atoms with Gasteiger partial charge in [-0.05, 0) is 31.5 Å². The minimum Gasteiger partial charge on any atom is -0.465 e. The minimum absolute atomic E-state index is 0.0173. The van der Waals surface area contributed by atoms with Crippen molar-refractivity contribution in [1.82, 2.24) is 14.8 Å². The van der Waals surface area contributed by atoms with Crippen LogP contribution in [0.3, 0.4) is 0 Å². The Balaban J connectivity index is 1.97. The molecule has 0 aromatic carbocycles. The van der Waals surface area contributed by atoms with Crippen molar-refractivity contribution in [3.8, 4) is 11.5 Å². The summed E-state index contributed by atoms with van der Waals surface area (Å²) in [4.78, 5) is 16.9. The molecule has 0 saturated carbocycles. The van der Waals surface area contributed by atoms with E-state index in [-0.39, 0.29) is 17.5 Å². The Kier molecular flexibility index (Phi) is 3.83. The summed E-state index contributed by atoms with van der Waals surface area (Å²) in [7, 11) is -1.78. The van der Waals surface area contributed by atoms with E-state index in [0.29, 0.717) is 40.2 Å². The summed E-state index contributed by atoms with van der Waals surface area (Å²) in [6, 6.07) is 4.77. The van der Waals surface area contributed by atoms with E-state index >= 15 is 0 Å². The largest absolute Gasteiger partial charge is 0.465 e. The van der Waals surface area contributed by atoms with Gasteiger partial charge in [-0.3, -0.25) is 0 Å². The molecule has 1 saturated heterocycles. The smallest absolute Gasteiger partial charge is 0.338 e. The van der Waals surface area contributed by atoms with Gasteiger partial charge in [0.15, 0.2) is 21.2 Å². The first-order valence-electron chi connectivity index (χ1n) is 8.12. The first kappa shape index (κ1) is 16.8. The van der Waals surface area contributed by atoms with E-state index < -0.39 is 15.8 Å². The number of ether oxygens (including phenoxy) is 1. The van der Waals surface area contributed by atoms with Gasteiger partial charge in [0.05, 0.1) is 47.6 Å². The second kappa shape index (κ2) is 5.94. The molecule has 1 aliphatic rings. The third kappa shape index (κ3) is 2.68. The molecule has 8 nitrogen and oxygen atoms in total. The number of pyridine rings is 1. The summed E-state index contributed by atoms with van der Waals surface area (Å²) in [5, 5.41) is 5.05. The molecule has 0 aliphatic carbocycles. The van der Waals surface area contributed by atoms with Crippen LogP contribution in [0.5, 0.6) is 0 Å². The minimum atomic E-state index is -3.09. The molecule has 0 amide bonds.